The molecule has 1 aromatic carbocycles. The van der Waals surface area contributed by atoms with E-state index in [4.69, 9.17) is 14.2 Å². The molecule has 1 aromatic rings. The highest BCUT2D eigenvalue weighted by molar-refractivity contribution is 5.70. The normalized spacial score (nSPS) is 14.0. The number of unbranched alkanes of at least 4 members (excludes halogenated alkanes) is 1. The Hall–Kier alpha value is -1.71. The summed E-state index contributed by atoms with van der Waals surface area (Å²) < 4.78 is 16.0. The number of fused-ring (bicyclic) bond motifs is 1. The second-order valence-corrected chi connectivity index (χ2v) is 5.38. The van der Waals surface area contributed by atoms with Gasteiger partial charge in [-0.25, -0.2) is 0 Å². The predicted octanol–water partition coefficient (Wildman–Crippen LogP) is 4.03. The summed E-state index contributed by atoms with van der Waals surface area (Å²) in [4.78, 5) is 11.9. The summed E-state index contributed by atoms with van der Waals surface area (Å²) >= 11 is 0. The van der Waals surface area contributed by atoms with Gasteiger partial charge in [0.15, 0.2) is 11.5 Å². The van der Waals surface area contributed by atoms with Crippen LogP contribution in [0.5, 0.6) is 11.5 Å². The molecule has 21 heavy (non-hydrogen) atoms. The van der Waals surface area contributed by atoms with E-state index >= 15 is 0 Å². The molecule has 0 N–H and O–H groups in total. The summed E-state index contributed by atoms with van der Waals surface area (Å²) in [6.45, 7) is 5.01. The number of rotatable bonds is 8. The van der Waals surface area contributed by atoms with Crippen molar-refractivity contribution in [2.75, 3.05) is 13.4 Å². The molecule has 4 nitrogen and oxygen atoms in total. The summed E-state index contributed by atoms with van der Waals surface area (Å²) in [5.41, 5.74) is 1.12. The van der Waals surface area contributed by atoms with E-state index < -0.39 is 0 Å². The van der Waals surface area contributed by atoms with Crippen LogP contribution >= 0.6 is 0 Å². The van der Waals surface area contributed by atoms with E-state index in [0.717, 1.165) is 42.7 Å². The Kier molecular flexibility index (Phi) is 5.90. The molecule has 0 bridgehead atoms. The van der Waals surface area contributed by atoms with E-state index in [1.807, 2.05) is 18.2 Å². The lowest BCUT2D eigenvalue weighted by molar-refractivity contribution is -0.144. The molecule has 0 fully saturated rings. The van der Waals surface area contributed by atoms with Crippen LogP contribution in [0.1, 0.15) is 57.4 Å². The first kappa shape index (κ1) is 15.7. The predicted molar refractivity (Wildman–Crippen MR) is 80.7 cm³/mol. The maximum absolute atomic E-state index is 11.9. The van der Waals surface area contributed by atoms with Crippen molar-refractivity contribution in [2.45, 2.75) is 51.9 Å². The molecule has 1 heterocycles. The topological polar surface area (TPSA) is 44.8 Å². The average Bonchev–Trinajstić information content (AvgIpc) is 2.94. The molecule has 0 saturated carbocycles. The first-order valence-electron chi connectivity index (χ1n) is 7.79. The second kappa shape index (κ2) is 7.91. The van der Waals surface area contributed by atoms with Crippen LogP contribution < -0.4 is 9.47 Å². The minimum atomic E-state index is -0.112. The summed E-state index contributed by atoms with van der Waals surface area (Å²) in [5.74, 6) is 1.62. The van der Waals surface area contributed by atoms with Gasteiger partial charge >= 0.3 is 5.97 Å². The van der Waals surface area contributed by atoms with Crippen LogP contribution in [0.15, 0.2) is 18.2 Å². The Balaban J connectivity index is 1.99. The molecule has 0 amide bonds. The van der Waals surface area contributed by atoms with Gasteiger partial charge in [0, 0.05) is 0 Å². The molecule has 1 atom stereocenters. The van der Waals surface area contributed by atoms with E-state index in [-0.39, 0.29) is 18.7 Å². The fraction of sp³-hybridized carbons (Fsp3) is 0.588. The first-order chi connectivity index (χ1) is 10.2. The van der Waals surface area contributed by atoms with Gasteiger partial charge in [0.1, 0.15) is 0 Å². The standard InChI is InChI=1S/C17H24O4/c1-3-5-9-19-17(18)11-13(6-4-2)14-7-8-15-16(10-14)21-12-20-15/h7-8,10,13H,3-6,9,11-12H2,1-2H3. The van der Waals surface area contributed by atoms with E-state index in [9.17, 15) is 4.79 Å². The van der Waals surface area contributed by atoms with Gasteiger partial charge in [0.25, 0.3) is 0 Å². The third kappa shape index (κ3) is 4.38. The van der Waals surface area contributed by atoms with Crippen molar-refractivity contribution in [3.05, 3.63) is 23.8 Å². The van der Waals surface area contributed by atoms with Gasteiger partial charge in [-0.2, -0.15) is 0 Å². The van der Waals surface area contributed by atoms with Crippen molar-refractivity contribution in [2.24, 2.45) is 0 Å². The molecule has 1 aliphatic rings. The SMILES string of the molecule is CCCCOC(=O)CC(CCC)c1ccc2c(c1)OCO2. The van der Waals surface area contributed by atoms with E-state index in [1.54, 1.807) is 0 Å². The quantitative estimate of drug-likeness (QED) is 0.536. The number of hydrogen-bond acceptors (Lipinski definition) is 4. The minimum absolute atomic E-state index is 0.112. The van der Waals surface area contributed by atoms with Gasteiger partial charge in [-0.1, -0.05) is 32.8 Å². The molecule has 0 saturated heterocycles. The van der Waals surface area contributed by atoms with Crippen LogP contribution in [0.25, 0.3) is 0 Å². The number of carbonyl (C=O) groups excluding carboxylic acids is 1. The largest absolute Gasteiger partial charge is 0.466 e. The Labute approximate surface area is 126 Å². The fourth-order valence-corrected chi connectivity index (χ4v) is 2.49. The summed E-state index contributed by atoms with van der Waals surface area (Å²) in [6, 6.07) is 5.93. The van der Waals surface area contributed by atoms with E-state index in [0.29, 0.717) is 13.0 Å². The van der Waals surface area contributed by atoms with Crippen molar-refractivity contribution in [1.82, 2.24) is 0 Å². The van der Waals surface area contributed by atoms with Crippen molar-refractivity contribution < 1.29 is 19.0 Å². The van der Waals surface area contributed by atoms with Crippen LogP contribution in [0.2, 0.25) is 0 Å². The number of ether oxygens (including phenoxy) is 3. The lowest BCUT2D eigenvalue weighted by Crippen LogP contribution is -2.11. The van der Waals surface area contributed by atoms with Gasteiger partial charge in [0.2, 0.25) is 6.79 Å². The maximum Gasteiger partial charge on any atom is 0.306 e. The fourth-order valence-electron chi connectivity index (χ4n) is 2.49. The van der Waals surface area contributed by atoms with E-state index in [1.165, 1.54) is 0 Å². The molecular weight excluding hydrogens is 268 g/mol. The maximum atomic E-state index is 11.9. The number of benzene rings is 1. The summed E-state index contributed by atoms with van der Waals surface area (Å²) in [6.07, 6.45) is 4.38. The number of carbonyl (C=O) groups is 1. The van der Waals surface area contributed by atoms with Crippen molar-refractivity contribution in [3.63, 3.8) is 0 Å². The van der Waals surface area contributed by atoms with E-state index in [2.05, 4.69) is 13.8 Å². The summed E-state index contributed by atoms with van der Waals surface area (Å²) in [5, 5.41) is 0. The molecule has 0 radical (unpaired) electrons. The average molecular weight is 292 g/mol. The Morgan fingerprint density at radius 3 is 2.81 bits per heavy atom. The van der Waals surface area contributed by atoms with Gasteiger partial charge in [-0.05, 0) is 36.5 Å². The molecule has 4 heteroatoms. The van der Waals surface area contributed by atoms with Crippen LogP contribution in [-0.2, 0) is 9.53 Å². The van der Waals surface area contributed by atoms with Crippen LogP contribution in [-0.4, -0.2) is 19.4 Å². The van der Waals surface area contributed by atoms with Crippen molar-refractivity contribution in [1.29, 1.82) is 0 Å². The van der Waals surface area contributed by atoms with Crippen molar-refractivity contribution in [3.8, 4) is 11.5 Å². The Morgan fingerprint density at radius 1 is 1.24 bits per heavy atom. The van der Waals surface area contributed by atoms with Crippen LogP contribution in [0, 0.1) is 0 Å². The molecule has 116 valence electrons. The highest BCUT2D eigenvalue weighted by Crippen LogP contribution is 2.36. The molecular formula is C17H24O4. The zero-order valence-electron chi connectivity index (χ0n) is 12.9. The Bertz CT molecular complexity index is 470. The molecule has 1 aliphatic heterocycles. The molecule has 0 aliphatic carbocycles. The van der Waals surface area contributed by atoms with Gasteiger partial charge in [-0.3, -0.25) is 4.79 Å². The zero-order valence-corrected chi connectivity index (χ0v) is 12.9. The minimum Gasteiger partial charge on any atom is -0.466 e. The third-order valence-corrected chi connectivity index (χ3v) is 3.68. The molecule has 0 aromatic heterocycles. The molecule has 1 unspecified atom stereocenters. The monoisotopic (exact) mass is 292 g/mol. The third-order valence-electron chi connectivity index (χ3n) is 3.68. The zero-order chi connectivity index (χ0) is 15.1. The van der Waals surface area contributed by atoms with Crippen LogP contribution in [0.3, 0.4) is 0 Å². The first-order valence-corrected chi connectivity index (χ1v) is 7.79. The molecule has 2 rings (SSSR count). The summed E-state index contributed by atoms with van der Waals surface area (Å²) in [7, 11) is 0. The number of esters is 1. The lowest BCUT2D eigenvalue weighted by atomic mass is 9.91. The highest BCUT2D eigenvalue weighted by Gasteiger charge is 2.20. The lowest BCUT2D eigenvalue weighted by Gasteiger charge is -2.16. The van der Waals surface area contributed by atoms with Gasteiger partial charge in [-0.15, -0.1) is 0 Å². The smallest absolute Gasteiger partial charge is 0.306 e. The van der Waals surface area contributed by atoms with Crippen LogP contribution in [0.4, 0.5) is 0 Å². The van der Waals surface area contributed by atoms with Gasteiger partial charge in [0.05, 0.1) is 13.0 Å². The van der Waals surface area contributed by atoms with Crippen molar-refractivity contribution >= 4 is 5.97 Å². The number of hydrogen-bond donors (Lipinski definition) is 0. The molecule has 0 spiro atoms. The second-order valence-electron chi connectivity index (χ2n) is 5.38. The Morgan fingerprint density at radius 2 is 2.05 bits per heavy atom. The highest BCUT2D eigenvalue weighted by atomic mass is 16.7. The van der Waals surface area contributed by atoms with Gasteiger partial charge < -0.3 is 14.2 Å².